The van der Waals surface area contributed by atoms with E-state index in [4.69, 9.17) is 10.5 Å². The normalized spacial score (nSPS) is 12.1. The quantitative estimate of drug-likeness (QED) is 0.510. The number of carbonyl (C=O) groups is 1. The molecule has 0 saturated heterocycles. The third-order valence-electron chi connectivity index (χ3n) is 4.42. The summed E-state index contributed by atoms with van der Waals surface area (Å²) in [5.41, 5.74) is 6.92. The number of para-hydroxylation sites is 1. The maximum absolute atomic E-state index is 12.8. The molecule has 3 aromatic rings. The van der Waals surface area contributed by atoms with Gasteiger partial charge in [-0.3, -0.25) is 4.68 Å². The number of amides is 1. The lowest BCUT2D eigenvalue weighted by Crippen LogP contribution is -2.33. The molecule has 10 heteroatoms. The van der Waals surface area contributed by atoms with E-state index < -0.39 is 18.1 Å². The molecule has 32 heavy (non-hydrogen) atoms. The van der Waals surface area contributed by atoms with Crippen molar-refractivity contribution < 1.29 is 27.4 Å². The number of hydrogen-bond donors (Lipinski definition) is 2. The lowest BCUT2D eigenvalue weighted by atomic mass is 10.0. The molecular formula is C22H25F3N4O3. The summed E-state index contributed by atoms with van der Waals surface area (Å²) in [6, 6.07) is 11.0. The van der Waals surface area contributed by atoms with E-state index in [0.717, 1.165) is 0 Å². The number of anilines is 1. The predicted molar refractivity (Wildman–Crippen MR) is 115 cm³/mol. The summed E-state index contributed by atoms with van der Waals surface area (Å²) in [4.78, 5) is 11.8. The average Bonchev–Trinajstić information content (AvgIpc) is 2.98. The van der Waals surface area contributed by atoms with E-state index in [-0.39, 0.29) is 5.75 Å². The molecule has 1 heterocycles. The summed E-state index contributed by atoms with van der Waals surface area (Å²) >= 11 is 0. The van der Waals surface area contributed by atoms with Crippen LogP contribution in [0.1, 0.15) is 27.2 Å². The standard InChI is InChI=1S/C22H25F3N4O3/c1-21(2,3)32-20(30)27-11-6-12-29-17-13-14(9-10-16(17)19(26)28-29)15-7-4-5-8-18(15)31-22(23,24)25/h4-5,7-10,13H,6,11-12H2,1-3H3,(H2,26,28)(H,27,30). The Kier molecular flexibility index (Phi) is 6.52. The number of aryl methyl sites for hydroxylation is 1. The number of carbonyl (C=O) groups excluding carboxylic acids is 1. The number of alkyl carbamates (subject to hydrolysis) is 1. The zero-order chi connectivity index (χ0) is 23.5. The van der Waals surface area contributed by atoms with Gasteiger partial charge in [-0.05, 0) is 51.0 Å². The highest BCUT2D eigenvalue weighted by Crippen LogP contribution is 2.35. The maximum atomic E-state index is 12.8. The molecule has 0 bridgehead atoms. The molecule has 3 rings (SSSR count). The summed E-state index contributed by atoms with van der Waals surface area (Å²) in [5.74, 6) is 0.0198. The minimum absolute atomic E-state index is 0.292. The van der Waals surface area contributed by atoms with Crippen LogP contribution in [0.5, 0.6) is 5.75 Å². The molecule has 0 saturated carbocycles. The number of ether oxygens (including phenoxy) is 2. The molecule has 0 spiro atoms. The van der Waals surface area contributed by atoms with Gasteiger partial charge in [0.25, 0.3) is 0 Å². The Morgan fingerprint density at radius 1 is 1.16 bits per heavy atom. The molecule has 1 amide bonds. The zero-order valence-corrected chi connectivity index (χ0v) is 18.0. The Labute approximate surface area is 183 Å². The van der Waals surface area contributed by atoms with E-state index in [0.29, 0.717) is 47.4 Å². The third-order valence-corrected chi connectivity index (χ3v) is 4.42. The van der Waals surface area contributed by atoms with Crippen LogP contribution in [-0.4, -0.2) is 34.4 Å². The largest absolute Gasteiger partial charge is 0.573 e. The number of nitrogen functional groups attached to an aromatic ring is 1. The van der Waals surface area contributed by atoms with Crippen LogP contribution in [0.4, 0.5) is 23.8 Å². The second kappa shape index (κ2) is 8.97. The van der Waals surface area contributed by atoms with Gasteiger partial charge in [0, 0.05) is 24.0 Å². The first-order valence-electron chi connectivity index (χ1n) is 10.0. The van der Waals surface area contributed by atoms with Crippen molar-refractivity contribution in [1.29, 1.82) is 0 Å². The van der Waals surface area contributed by atoms with E-state index in [1.807, 2.05) is 0 Å². The molecule has 0 radical (unpaired) electrons. The lowest BCUT2D eigenvalue weighted by Gasteiger charge is -2.19. The fourth-order valence-electron chi connectivity index (χ4n) is 3.19. The number of alkyl halides is 3. The number of nitrogens with two attached hydrogens (primary N) is 1. The highest BCUT2D eigenvalue weighted by Gasteiger charge is 2.32. The van der Waals surface area contributed by atoms with Crippen molar-refractivity contribution in [1.82, 2.24) is 15.1 Å². The number of hydrogen-bond acceptors (Lipinski definition) is 5. The Morgan fingerprint density at radius 3 is 2.56 bits per heavy atom. The Balaban J connectivity index is 1.78. The molecule has 7 nitrogen and oxygen atoms in total. The molecule has 0 aliphatic rings. The van der Waals surface area contributed by atoms with Crippen molar-refractivity contribution in [3.63, 3.8) is 0 Å². The zero-order valence-electron chi connectivity index (χ0n) is 18.0. The van der Waals surface area contributed by atoms with Crippen molar-refractivity contribution in [3.8, 4) is 16.9 Å². The van der Waals surface area contributed by atoms with Gasteiger partial charge in [-0.1, -0.05) is 24.3 Å². The van der Waals surface area contributed by atoms with E-state index in [1.54, 1.807) is 55.8 Å². The number of fused-ring (bicyclic) bond motifs is 1. The van der Waals surface area contributed by atoms with Gasteiger partial charge >= 0.3 is 12.5 Å². The van der Waals surface area contributed by atoms with Crippen LogP contribution in [0.15, 0.2) is 42.5 Å². The van der Waals surface area contributed by atoms with Crippen LogP contribution >= 0.6 is 0 Å². The number of aromatic nitrogens is 2. The van der Waals surface area contributed by atoms with Gasteiger partial charge in [0.05, 0.1) is 5.52 Å². The van der Waals surface area contributed by atoms with Crippen molar-refractivity contribution in [3.05, 3.63) is 42.5 Å². The van der Waals surface area contributed by atoms with Crippen LogP contribution in [0.2, 0.25) is 0 Å². The van der Waals surface area contributed by atoms with Gasteiger partial charge in [0.1, 0.15) is 11.4 Å². The minimum Gasteiger partial charge on any atom is -0.444 e. The SMILES string of the molecule is CC(C)(C)OC(=O)NCCCn1nc(N)c2ccc(-c3ccccc3OC(F)(F)F)cc21. The van der Waals surface area contributed by atoms with Crippen LogP contribution in [0, 0.1) is 0 Å². The van der Waals surface area contributed by atoms with Crippen LogP contribution in [0.3, 0.4) is 0 Å². The molecule has 3 N–H and O–H groups in total. The average molecular weight is 450 g/mol. The summed E-state index contributed by atoms with van der Waals surface area (Å²) in [6.45, 7) is 6.13. The van der Waals surface area contributed by atoms with Gasteiger partial charge in [-0.25, -0.2) is 4.79 Å². The van der Waals surface area contributed by atoms with Gasteiger partial charge < -0.3 is 20.5 Å². The van der Waals surface area contributed by atoms with Crippen LogP contribution in [-0.2, 0) is 11.3 Å². The number of benzene rings is 2. The number of halogens is 3. The van der Waals surface area contributed by atoms with E-state index >= 15 is 0 Å². The lowest BCUT2D eigenvalue weighted by molar-refractivity contribution is -0.274. The van der Waals surface area contributed by atoms with E-state index in [9.17, 15) is 18.0 Å². The van der Waals surface area contributed by atoms with Gasteiger partial charge in [0.2, 0.25) is 0 Å². The molecule has 0 fully saturated rings. The second-order valence-electron chi connectivity index (χ2n) is 8.17. The van der Waals surface area contributed by atoms with Crippen molar-refractivity contribution in [2.45, 2.75) is 45.7 Å². The number of rotatable bonds is 6. The van der Waals surface area contributed by atoms with Gasteiger partial charge in [-0.2, -0.15) is 5.10 Å². The molecule has 2 aromatic carbocycles. The highest BCUT2D eigenvalue weighted by atomic mass is 19.4. The number of nitrogens with zero attached hydrogens (tertiary/aromatic N) is 2. The van der Waals surface area contributed by atoms with Crippen LogP contribution < -0.4 is 15.8 Å². The molecular weight excluding hydrogens is 425 g/mol. The summed E-state index contributed by atoms with van der Waals surface area (Å²) in [5, 5.41) is 7.68. The van der Waals surface area contributed by atoms with Crippen LogP contribution in [0.25, 0.3) is 22.0 Å². The summed E-state index contributed by atoms with van der Waals surface area (Å²) in [6.07, 6.45) is -4.76. The summed E-state index contributed by atoms with van der Waals surface area (Å²) in [7, 11) is 0. The molecule has 1 aromatic heterocycles. The minimum atomic E-state index is -4.80. The first-order chi connectivity index (χ1) is 14.9. The first-order valence-corrected chi connectivity index (χ1v) is 10.0. The molecule has 0 aliphatic carbocycles. The van der Waals surface area contributed by atoms with Crippen molar-refractivity contribution in [2.24, 2.45) is 0 Å². The van der Waals surface area contributed by atoms with E-state index in [2.05, 4.69) is 15.2 Å². The monoisotopic (exact) mass is 450 g/mol. The fraction of sp³-hybridized carbons (Fsp3) is 0.364. The fourth-order valence-corrected chi connectivity index (χ4v) is 3.19. The second-order valence-corrected chi connectivity index (χ2v) is 8.17. The number of nitrogens with one attached hydrogen (secondary N) is 1. The molecule has 0 aliphatic heterocycles. The smallest absolute Gasteiger partial charge is 0.444 e. The Morgan fingerprint density at radius 2 is 1.88 bits per heavy atom. The topological polar surface area (TPSA) is 91.4 Å². The third kappa shape index (κ3) is 6.05. The maximum Gasteiger partial charge on any atom is 0.573 e. The van der Waals surface area contributed by atoms with Gasteiger partial charge in [-0.15, -0.1) is 13.2 Å². The Bertz CT molecular complexity index is 1100. The van der Waals surface area contributed by atoms with E-state index in [1.165, 1.54) is 12.1 Å². The molecule has 172 valence electrons. The van der Waals surface area contributed by atoms with Gasteiger partial charge in [0.15, 0.2) is 5.82 Å². The molecule has 0 atom stereocenters. The first kappa shape index (κ1) is 23.2. The van der Waals surface area contributed by atoms with Crippen molar-refractivity contribution >= 4 is 22.8 Å². The van der Waals surface area contributed by atoms with Crippen molar-refractivity contribution in [2.75, 3.05) is 12.3 Å². The summed E-state index contributed by atoms with van der Waals surface area (Å²) < 4.78 is 49.4. The predicted octanol–water partition coefficient (Wildman–Crippen LogP) is 5.10. The molecule has 0 unspecified atom stereocenters. The Hall–Kier alpha value is -3.43. The highest BCUT2D eigenvalue weighted by molar-refractivity contribution is 5.92.